The first-order valence-electron chi connectivity index (χ1n) is 6.19. The van der Waals surface area contributed by atoms with Gasteiger partial charge in [0.15, 0.2) is 25.9 Å². The van der Waals surface area contributed by atoms with Gasteiger partial charge >= 0.3 is 11.6 Å². The molecule has 2 rings (SSSR count). The van der Waals surface area contributed by atoms with Crippen LogP contribution in [0.25, 0.3) is 0 Å². The fraction of sp³-hybridized carbons (Fsp3) is 0.333. The van der Waals surface area contributed by atoms with Crippen LogP contribution in [0.1, 0.15) is 11.6 Å². The van der Waals surface area contributed by atoms with E-state index in [0.717, 1.165) is 0 Å². The summed E-state index contributed by atoms with van der Waals surface area (Å²) in [5, 5.41) is 23.4. The van der Waals surface area contributed by atoms with Crippen LogP contribution in [0.15, 0.2) is 35.1 Å². The van der Waals surface area contributed by atoms with Crippen molar-refractivity contribution >= 4 is 12.4 Å². The van der Waals surface area contributed by atoms with Gasteiger partial charge in [-0.1, -0.05) is 10.3 Å². The minimum absolute atomic E-state index is 0.291. The van der Waals surface area contributed by atoms with Crippen LogP contribution in [0.2, 0.25) is 0 Å². The van der Waals surface area contributed by atoms with Crippen molar-refractivity contribution in [1.82, 2.24) is 9.13 Å². The molecule has 0 aliphatic rings. The zero-order valence-corrected chi connectivity index (χ0v) is 11.9. The second-order valence-corrected chi connectivity index (χ2v) is 4.43. The molecule has 0 fully saturated rings. The number of hydrogen-bond acceptors (Lipinski definition) is 5. The molecule has 9 heteroatoms. The average molecular weight is 294 g/mol. The summed E-state index contributed by atoms with van der Waals surface area (Å²) in [5.41, 5.74) is 0. The molecule has 0 unspecified atom stereocenters. The highest BCUT2D eigenvalue weighted by molar-refractivity contribution is 5.72. The van der Waals surface area contributed by atoms with E-state index in [1.165, 1.54) is 12.4 Å². The van der Waals surface area contributed by atoms with Crippen molar-refractivity contribution in [3.63, 3.8) is 0 Å². The molecule has 9 nitrogen and oxygen atoms in total. The lowest BCUT2D eigenvalue weighted by atomic mass is 10.6. The lowest BCUT2D eigenvalue weighted by Gasteiger charge is -2.01. The molecule has 0 saturated carbocycles. The summed E-state index contributed by atoms with van der Waals surface area (Å²) in [5.74, 6) is 1.40. The van der Waals surface area contributed by atoms with Gasteiger partial charge in [0.25, 0.3) is 0 Å². The van der Waals surface area contributed by atoms with Gasteiger partial charge in [0.2, 0.25) is 0 Å². The molecule has 0 bridgehead atoms. The highest BCUT2D eigenvalue weighted by Crippen LogP contribution is 1.97. The van der Waals surface area contributed by atoms with Crippen LogP contribution in [-0.2, 0) is 32.3 Å². The molecule has 112 valence electrons. The first-order valence-corrected chi connectivity index (χ1v) is 6.19. The van der Waals surface area contributed by atoms with E-state index >= 15 is 0 Å². The predicted molar refractivity (Wildman–Crippen MR) is 71.1 cm³/mol. The van der Waals surface area contributed by atoms with Crippen LogP contribution in [-0.4, -0.2) is 32.0 Å². The molecule has 0 amide bonds. The molecule has 0 radical (unpaired) electrons. The monoisotopic (exact) mass is 294 g/mol. The molecule has 0 aliphatic heterocycles. The molecule has 2 N–H and O–H groups in total. The Bertz CT molecular complexity index is 602. The quantitative estimate of drug-likeness (QED) is 0.316. The highest BCUT2D eigenvalue weighted by atomic mass is 16.5. The Morgan fingerprint density at radius 2 is 1.43 bits per heavy atom. The van der Waals surface area contributed by atoms with Crippen LogP contribution in [0.4, 0.5) is 0 Å². The van der Waals surface area contributed by atoms with Gasteiger partial charge in [-0.25, -0.2) is 18.3 Å². The van der Waals surface area contributed by atoms with E-state index in [1.807, 2.05) is 48.0 Å². The number of rotatable bonds is 6. The maximum Gasteiger partial charge on any atom is 0.305 e. The van der Waals surface area contributed by atoms with Gasteiger partial charge < -0.3 is 15.2 Å². The lowest BCUT2D eigenvalue weighted by molar-refractivity contribution is -0.672. The van der Waals surface area contributed by atoms with Crippen molar-refractivity contribution in [3.8, 4) is 0 Å². The molecule has 0 spiro atoms. The maximum absolute atomic E-state index is 8.65. The molecule has 0 aromatic carbocycles. The number of oxime groups is 2. The summed E-state index contributed by atoms with van der Waals surface area (Å²) in [4.78, 5) is 0. The van der Waals surface area contributed by atoms with E-state index in [-0.39, 0.29) is 0 Å². The van der Waals surface area contributed by atoms with Crippen LogP contribution in [0.3, 0.4) is 0 Å². The van der Waals surface area contributed by atoms with E-state index in [4.69, 9.17) is 15.2 Å². The van der Waals surface area contributed by atoms with Crippen molar-refractivity contribution < 1.29 is 24.3 Å². The number of hydrogen-bond donors (Lipinski definition) is 2. The van der Waals surface area contributed by atoms with Crippen molar-refractivity contribution in [3.05, 3.63) is 36.4 Å². The topological polar surface area (TPSA) is 92.0 Å². The molecule has 2 heterocycles. The van der Waals surface area contributed by atoms with Crippen LogP contribution in [0.5, 0.6) is 0 Å². The molecular formula is C12H18N6O3+2. The molecule has 0 saturated heterocycles. The smallest absolute Gasteiger partial charge is 0.305 e. The number of aryl methyl sites for hydroxylation is 2. The third-order valence-corrected chi connectivity index (χ3v) is 3.06. The van der Waals surface area contributed by atoms with Crippen molar-refractivity contribution in [2.24, 2.45) is 24.4 Å². The standard InChI is InChI=1S/C12H16N6O3/c1-15-3-5-17(11(15)7-13-19)9-21-10-18-6-4-16(2)12(18)8-14-20/h3-8H,9-10H2,1-2H3/p+2. The number of ether oxygens (including phenoxy) is 1. The van der Waals surface area contributed by atoms with Gasteiger partial charge in [0.05, 0.1) is 14.1 Å². The molecule has 21 heavy (non-hydrogen) atoms. The van der Waals surface area contributed by atoms with Gasteiger partial charge in [-0.05, 0) is 0 Å². The fourth-order valence-electron chi connectivity index (χ4n) is 1.96. The number of imidazole rings is 2. The van der Waals surface area contributed by atoms with E-state index in [1.54, 1.807) is 9.13 Å². The van der Waals surface area contributed by atoms with Crippen molar-refractivity contribution in [2.45, 2.75) is 13.5 Å². The molecule has 2 aromatic heterocycles. The Morgan fingerprint density at radius 3 is 1.81 bits per heavy atom. The third kappa shape index (κ3) is 3.26. The fourth-order valence-corrected chi connectivity index (χ4v) is 1.96. The van der Waals surface area contributed by atoms with Crippen LogP contribution in [0, 0.1) is 0 Å². The molecule has 2 aromatic rings. The van der Waals surface area contributed by atoms with Gasteiger partial charge in [0.1, 0.15) is 24.8 Å². The van der Waals surface area contributed by atoms with E-state index in [0.29, 0.717) is 25.1 Å². The van der Waals surface area contributed by atoms with Crippen molar-refractivity contribution in [2.75, 3.05) is 0 Å². The minimum Gasteiger partial charge on any atom is -0.411 e. The first-order chi connectivity index (χ1) is 10.2. The summed E-state index contributed by atoms with van der Waals surface area (Å²) in [6, 6.07) is 0. The second-order valence-electron chi connectivity index (χ2n) is 4.43. The summed E-state index contributed by atoms with van der Waals surface area (Å²) in [6.07, 6.45) is 9.98. The van der Waals surface area contributed by atoms with E-state index in [2.05, 4.69) is 10.3 Å². The Morgan fingerprint density at radius 1 is 1.00 bits per heavy atom. The Kier molecular flexibility index (Phi) is 4.67. The maximum atomic E-state index is 8.65. The Labute approximate surface area is 121 Å². The minimum atomic E-state index is 0.291. The highest BCUT2D eigenvalue weighted by Gasteiger charge is 2.15. The average Bonchev–Trinajstić information content (AvgIpc) is 2.98. The third-order valence-electron chi connectivity index (χ3n) is 3.06. The number of aromatic nitrogens is 4. The summed E-state index contributed by atoms with van der Waals surface area (Å²) in [6.45, 7) is 0.583. The summed E-state index contributed by atoms with van der Waals surface area (Å²) < 4.78 is 12.8. The Balaban J connectivity index is 2.02. The van der Waals surface area contributed by atoms with Crippen LogP contribution >= 0.6 is 0 Å². The number of nitrogens with zero attached hydrogens (tertiary/aromatic N) is 6. The first kappa shape index (κ1) is 14.7. The van der Waals surface area contributed by atoms with E-state index in [9.17, 15) is 0 Å². The molecule has 0 atom stereocenters. The zero-order chi connectivity index (χ0) is 15.2. The van der Waals surface area contributed by atoms with Gasteiger partial charge in [-0.3, -0.25) is 0 Å². The largest absolute Gasteiger partial charge is 0.411 e. The van der Waals surface area contributed by atoms with E-state index < -0.39 is 0 Å². The Hall–Kier alpha value is -2.68. The van der Waals surface area contributed by atoms with Crippen molar-refractivity contribution in [1.29, 1.82) is 0 Å². The van der Waals surface area contributed by atoms with Gasteiger partial charge in [-0.2, -0.15) is 0 Å². The second kappa shape index (κ2) is 6.66. The summed E-state index contributed by atoms with van der Waals surface area (Å²) >= 11 is 0. The predicted octanol–water partition coefficient (Wildman–Crippen LogP) is -0.813. The van der Waals surface area contributed by atoms with Gasteiger partial charge in [0, 0.05) is 0 Å². The van der Waals surface area contributed by atoms with Crippen LogP contribution < -0.4 is 9.13 Å². The molecule has 0 aliphatic carbocycles. The molecular weight excluding hydrogens is 276 g/mol. The zero-order valence-electron chi connectivity index (χ0n) is 11.9. The SMILES string of the molecule is C[n+]1ccn(COCn2cc[n+](C)c2/C=N/O)c1/C=N/O. The summed E-state index contributed by atoms with van der Waals surface area (Å²) in [7, 11) is 3.69. The normalized spacial score (nSPS) is 11.9. The van der Waals surface area contributed by atoms with Gasteiger partial charge in [-0.15, -0.1) is 0 Å². The lowest BCUT2D eigenvalue weighted by Crippen LogP contribution is -2.33.